The van der Waals surface area contributed by atoms with Crippen LogP contribution in [0.25, 0.3) is 11.8 Å². The zero-order valence-electron chi connectivity index (χ0n) is 10.0. The lowest BCUT2D eigenvalue weighted by Gasteiger charge is -2.13. The van der Waals surface area contributed by atoms with E-state index in [0.29, 0.717) is 0 Å². The van der Waals surface area contributed by atoms with Crippen LogP contribution in [0, 0.1) is 0 Å². The maximum absolute atomic E-state index is 4.67. The van der Waals surface area contributed by atoms with Crippen LogP contribution in [-0.2, 0) is 12.8 Å². The monoisotopic (exact) mass is 214 g/mol. The third kappa shape index (κ3) is 1.64. The van der Waals surface area contributed by atoms with Crippen molar-refractivity contribution in [2.24, 2.45) is 0 Å². The second-order valence-electron chi connectivity index (χ2n) is 3.91. The van der Waals surface area contributed by atoms with Gasteiger partial charge in [0, 0.05) is 12.1 Å². The summed E-state index contributed by atoms with van der Waals surface area (Å²) in [6, 6.07) is 0. The van der Waals surface area contributed by atoms with E-state index in [4.69, 9.17) is 0 Å². The van der Waals surface area contributed by atoms with Crippen LogP contribution in [0.1, 0.15) is 37.5 Å². The number of aromatic nitrogens is 2. The summed E-state index contributed by atoms with van der Waals surface area (Å²) in [5.74, 6) is 1.13. The zero-order valence-corrected chi connectivity index (χ0v) is 10.0. The number of hydrogen-bond donors (Lipinski definition) is 0. The third-order valence-electron chi connectivity index (χ3n) is 2.98. The highest BCUT2D eigenvalue weighted by Crippen LogP contribution is 2.24. The molecule has 2 rings (SSSR count). The van der Waals surface area contributed by atoms with Crippen molar-refractivity contribution in [1.82, 2.24) is 9.55 Å². The van der Waals surface area contributed by atoms with Crippen molar-refractivity contribution in [2.75, 3.05) is 0 Å². The van der Waals surface area contributed by atoms with Crippen molar-refractivity contribution in [3.63, 3.8) is 0 Å². The van der Waals surface area contributed by atoms with Gasteiger partial charge >= 0.3 is 0 Å². The molecule has 1 aliphatic rings. The fourth-order valence-electron chi connectivity index (χ4n) is 2.19. The first kappa shape index (κ1) is 10.9. The smallest absolute Gasteiger partial charge is 0.113 e. The molecule has 2 nitrogen and oxygen atoms in total. The second kappa shape index (κ2) is 4.52. The Morgan fingerprint density at radius 3 is 3.06 bits per heavy atom. The lowest BCUT2D eigenvalue weighted by atomic mass is 10.1. The minimum atomic E-state index is 0.950. The number of fused-ring (bicyclic) bond motifs is 1. The van der Waals surface area contributed by atoms with Crippen LogP contribution >= 0.6 is 0 Å². The molecule has 1 aromatic rings. The SMILES string of the molecule is C=CC(=CC)n1c(CC)nc2c1CCC=C2. The van der Waals surface area contributed by atoms with E-state index in [0.717, 1.165) is 36.5 Å². The number of imidazole rings is 1. The molecule has 0 aromatic carbocycles. The molecule has 0 amide bonds. The van der Waals surface area contributed by atoms with Crippen LogP contribution in [0.15, 0.2) is 24.8 Å². The Kier molecular flexibility index (Phi) is 3.09. The van der Waals surface area contributed by atoms with Crippen LogP contribution in [0.3, 0.4) is 0 Å². The Hall–Kier alpha value is -1.57. The lowest BCUT2D eigenvalue weighted by Crippen LogP contribution is -2.06. The van der Waals surface area contributed by atoms with Gasteiger partial charge in [0.2, 0.25) is 0 Å². The first-order valence-electron chi connectivity index (χ1n) is 5.88. The summed E-state index contributed by atoms with van der Waals surface area (Å²) in [7, 11) is 0. The molecule has 84 valence electrons. The van der Waals surface area contributed by atoms with E-state index in [-0.39, 0.29) is 0 Å². The topological polar surface area (TPSA) is 17.8 Å². The molecule has 0 saturated carbocycles. The van der Waals surface area contributed by atoms with Crippen molar-refractivity contribution in [3.8, 4) is 0 Å². The number of nitrogens with zero attached hydrogens (tertiary/aromatic N) is 2. The van der Waals surface area contributed by atoms with Crippen molar-refractivity contribution in [2.45, 2.75) is 33.1 Å². The molecule has 0 N–H and O–H groups in total. The first-order valence-corrected chi connectivity index (χ1v) is 5.88. The average molecular weight is 214 g/mol. The van der Waals surface area contributed by atoms with Gasteiger partial charge in [0.25, 0.3) is 0 Å². The largest absolute Gasteiger partial charge is 0.300 e. The maximum atomic E-state index is 4.67. The molecular formula is C14H18N2. The summed E-state index contributed by atoms with van der Waals surface area (Å²) in [5, 5.41) is 0. The van der Waals surface area contributed by atoms with Crippen molar-refractivity contribution in [1.29, 1.82) is 0 Å². The van der Waals surface area contributed by atoms with E-state index in [1.807, 2.05) is 13.0 Å². The van der Waals surface area contributed by atoms with Gasteiger partial charge in [-0.2, -0.15) is 0 Å². The molecule has 0 saturated heterocycles. The van der Waals surface area contributed by atoms with Gasteiger partial charge in [-0.05, 0) is 31.9 Å². The van der Waals surface area contributed by atoms with Gasteiger partial charge in [0.15, 0.2) is 0 Å². The Balaban J connectivity index is 2.62. The van der Waals surface area contributed by atoms with E-state index < -0.39 is 0 Å². The van der Waals surface area contributed by atoms with E-state index in [9.17, 15) is 0 Å². The third-order valence-corrected chi connectivity index (χ3v) is 2.98. The van der Waals surface area contributed by atoms with Crippen LogP contribution in [0.2, 0.25) is 0 Å². The minimum Gasteiger partial charge on any atom is -0.300 e. The standard InChI is InChI=1S/C14H18N2/c1-4-11(5-2)16-13-10-8-7-9-12(13)15-14(16)6-3/h4-5,7,9H,1,6,8,10H2,2-3H3. The Labute approximate surface area is 97.0 Å². The number of hydrogen-bond acceptors (Lipinski definition) is 1. The number of aryl methyl sites for hydroxylation is 1. The van der Waals surface area contributed by atoms with E-state index in [2.05, 4.69) is 41.3 Å². The highest BCUT2D eigenvalue weighted by Gasteiger charge is 2.17. The maximum Gasteiger partial charge on any atom is 0.113 e. The zero-order chi connectivity index (χ0) is 11.5. The summed E-state index contributed by atoms with van der Waals surface area (Å²) in [4.78, 5) is 4.67. The quantitative estimate of drug-likeness (QED) is 0.705. The van der Waals surface area contributed by atoms with E-state index in [1.165, 1.54) is 5.69 Å². The van der Waals surface area contributed by atoms with Gasteiger partial charge in [-0.15, -0.1) is 0 Å². The molecule has 0 spiro atoms. The number of allylic oxidation sites excluding steroid dienone is 4. The molecule has 0 bridgehead atoms. The molecule has 2 heteroatoms. The molecule has 0 aliphatic heterocycles. The molecule has 1 aromatic heterocycles. The summed E-state index contributed by atoms with van der Waals surface area (Å²) in [5.41, 5.74) is 3.59. The minimum absolute atomic E-state index is 0.950. The van der Waals surface area contributed by atoms with E-state index >= 15 is 0 Å². The summed E-state index contributed by atoms with van der Waals surface area (Å²) >= 11 is 0. The highest BCUT2D eigenvalue weighted by molar-refractivity contribution is 5.62. The molecule has 0 atom stereocenters. The Morgan fingerprint density at radius 2 is 2.44 bits per heavy atom. The van der Waals surface area contributed by atoms with Crippen LogP contribution in [0.5, 0.6) is 0 Å². The molecule has 0 radical (unpaired) electrons. The Bertz CT molecular complexity index is 461. The van der Waals surface area contributed by atoms with Crippen molar-refractivity contribution >= 4 is 11.8 Å². The normalized spacial score (nSPS) is 15.0. The molecule has 0 unspecified atom stereocenters. The predicted molar refractivity (Wildman–Crippen MR) is 69.1 cm³/mol. The second-order valence-corrected chi connectivity index (χ2v) is 3.91. The average Bonchev–Trinajstić information content (AvgIpc) is 2.70. The molecule has 1 heterocycles. The van der Waals surface area contributed by atoms with Gasteiger partial charge in [-0.25, -0.2) is 4.98 Å². The predicted octanol–water partition coefficient (Wildman–Crippen LogP) is 3.45. The molecule has 1 aliphatic carbocycles. The van der Waals surface area contributed by atoms with Crippen molar-refractivity contribution < 1.29 is 0 Å². The van der Waals surface area contributed by atoms with Gasteiger partial charge < -0.3 is 4.57 Å². The first-order chi connectivity index (χ1) is 7.81. The van der Waals surface area contributed by atoms with Gasteiger partial charge in [-0.1, -0.05) is 25.7 Å². The molecular weight excluding hydrogens is 196 g/mol. The molecule has 0 fully saturated rings. The van der Waals surface area contributed by atoms with Crippen LogP contribution in [-0.4, -0.2) is 9.55 Å². The van der Waals surface area contributed by atoms with Gasteiger partial charge in [0.1, 0.15) is 5.82 Å². The Morgan fingerprint density at radius 1 is 1.62 bits per heavy atom. The van der Waals surface area contributed by atoms with E-state index in [1.54, 1.807) is 0 Å². The lowest BCUT2D eigenvalue weighted by molar-refractivity contribution is 0.841. The summed E-state index contributed by atoms with van der Waals surface area (Å²) < 4.78 is 2.26. The highest BCUT2D eigenvalue weighted by atomic mass is 15.1. The fraction of sp³-hybridized carbons (Fsp3) is 0.357. The van der Waals surface area contributed by atoms with Crippen LogP contribution in [0.4, 0.5) is 0 Å². The van der Waals surface area contributed by atoms with Gasteiger partial charge in [-0.3, -0.25) is 0 Å². The van der Waals surface area contributed by atoms with Gasteiger partial charge in [0.05, 0.1) is 11.4 Å². The number of rotatable bonds is 3. The summed E-state index contributed by atoms with van der Waals surface area (Å²) in [6.07, 6.45) is 11.4. The van der Waals surface area contributed by atoms with Crippen molar-refractivity contribution in [3.05, 3.63) is 42.0 Å². The van der Waals surface area contributed by atoms with Crippen LogP contribution < -0.4 is 0 Å². The summed E-state index contributed by atoms with van der Waals surface area (Å²) in [6.45, 7) is 8.06. The molecule has 16 heavy (non-hydrogen) atoms. The fourth-order valence-corrected chi connectivity index (χ4v) is 2.19.